The Bertz CT molecular complexity index is 274. The number of hydrogen-bond donors (Lipinski definition) is 1. The topological polar surface area (TPSA) is 15.3 Å². The number of likely N-dealkylation sites (tertiary alicyclic amines) is 1. The minimum absolute atomic E-state index is 0.887. The van der Waals surface area contributed by atoms with Crippen LogP contribution in [-0.4, -0.2) is 37.1 Å². The Labute approximate surface area is 119 Å². The Morgan fingerprint density at radius 1 is 1.05 bits per heavy atom. The smallest absolute Gasteiger partial charge is 0.00683 e. The molecule has 3 rings (SSSR count). The van der Waals surface area contributed by atoms with Crippen LogP contribution in [0.4, 0.5) is 0 Å². The molecule has 3 atom stereocenters. The molecule has 0 radical (unpaired) electrons. The first-order valence-electron chi connectivity index (χ1n) is 8.75. The van der Waals surface area contributed by atoms with Crippen LogP contribution in [-0.2, 0) is 0 Å². The molecule has 110 valence electrons. The minimum Gasteiger partial charge on any atom is -0.314 e. The highest BCUT2D eigenvalue weighted by atomic mass is 15.1. The normalized spacial score (nSPS) is 36.8. The Morgan fingerprint density at radius 3 is 2.74 bits per heavy atom. The maximum atomic E-state index is 3.70. The van der Waals surface area contributed by atoms with Crippen LogP contribution in [0.1, 0.15) is 58.3 Å². The molecule has 1 aliphatic heterocycles. The molecule has 3 fully saturated rings. The monoisotopic (exact) mass is 264 g/mol. The lowest BCUT2D eigenvalue weighted by atomic mass is 9.81. The Morgan fingerprint density at radius 2 is 1.95 bits per heavy atom. The highest BCUT2D eigenvalue weighted by molar-refractivity contribution is 4.85. The number of nitrogens with one attached hydrogen (secondary N) is 1. The average Bonchev–Trinajstić information content (AvgIpc) is 3.13. The van der Waals surface area contributed by atoms with Gasteiger partial charge in [0.05, 0.1) is 0 Å². The molecular formula is C17H32N2. The van der Waals surface area contributed by atoms with E-state index in [1.54, 1.807) is 0 Å². The third-order valence-electron chi connectivity index (χ3n) is 5.54. The number of nitrogens with zero attached hydrogens (tertiary/aromatic N) is 1. The molecule has 3 unspecified atom stereocenters. The molecule has 1 saturated heterocycles. The van der Waals surface area contributed by atoms with Crippen molar-refractivity contribution in [1.82, 2.24) is 10.2 Å². The van der Waals surface area contributed by atoms with E-state index >= 15 is 0 Å². The zero-order chi connectivity index (χ0) is 13.1. The molecule has 2 heteroatoms. The minimum atomic E-state index is 0.887. The summed E-state index contributed by atoms with van der Waals surface area (Å²) in [5.41, 5.74) is 0. The van der Waals surface area contributed by atoms with Gasteiger partial charge in [-0.15, -0.1) is 0 Å². The van der Waals surface area contributed by atoms with Gasteiger partial charge in [0.15, 0.2) is 0 Å². The molecule has 0 aromatic heterocycles. The van der Waals surface area contributed by atoms with Gasteiger partial charge in [-0.2, -0.15) is 0 Å². The van der Waals surface area contributed by atoms with E-state index < -0.39 is 0 Å². The van der Waals surface area contributed by atoms with Gasteiger partial charge in [-0.25, -0.2) is 0 Å². The van der Waals surface area contributed by atoms with Crippen molar-refractivity contribution in [1.29, 1.82) is 0 Å². The highest BCUT2D eigenvalue weighted by Crippen LogP contribution is 2.31. The van der Waals surface area contributed by atoms with Crippen LogP contribution >= 0.6 is 0 Å². The van der Waals surface area contributed by atoms with Crippen molar-refractivity contribution in [2.45, 2.75) is 64.3 Å². The fraction of sp³-hybridized carbons (Fsp3) is 1.00. The summed E-state index contributed by atoms with van der Waals surface area (Å²) in [6.45, 7) is 7.82. The van der Waals surface area contributed by atoms with E-state index in [4.69, 9.17) is 0 Å². The summed E-state index contributed by atoms with van der Waals surface area (Å²) < 4.78 is 0. The van der Waals surface area contributed by atoms with Crippen molar-refractivity contribution in [2.75, 3.05) is 26.2 Å². The van der Waals surface area contributed by atoms with Crippen LogP contribution in [0.25, 0.3) is 0 Å². The third-order valence-corrected chi connectivity index (χ3v) is 5.54. The summed E-state index contributed by atoms with van der Waals surface area (Å²) in [4.78, 5) is 2.73. The number of rotatable bonds is 6. The van der Waals surface area contributed by atoms with Crippen LogP contribution in [0.2, 0.25) is 0 Å². The molecule has 2 aliphatic carbocycles. The first-order chi connectivity index (χ1) is 9.29. The van der Waals surface area contributed by atoms with Crippen LogP contribution in [0.15, 0.2) is 0 Å². The van der Waals surface area contributed by atoms with Crippen LogP contribution in [0.3, 0.4) is 0 Å². The summed E-state index contributed by atoms with van der Waals surface area (Å²) in [5.74, 6) is 2.96. The molecule has 1 N–H and O–H groups in total. The predicted octanol–water partition coefficient (Wildman–Crippen LogP) is 3.28. The second kappa shape index (κ2) is 6.58. The van der Waals surface area contributed by atoms with Crippen molar-refractivity contribution in [3.05, 3.63) is 0 Å². The van der Waals surface area contributed by atoms with Gasteiger partial charge in [0, 0.05) is 12.6 Å². The molecule has 0 aromatic carbocycles. The summed E-state index contributed by atoms with van der Waals surface area (Å²) in [5, 5.41) is 3.70. The molecule has 2 saturated carbocycles. The molecular weight excluding hydrogens is 232 g/mol. The SMILES string of the molecule is CC1CCCC(CCN2CCC(CNC3CC3)C2)C1. The van der Waals surface area contributed by atoms with Gasteiger partial charge in [0.25, 0.3) is 0 Å². The fourth-order valence-electron chi connectivity index (χ4n) is 4.09. The van der Waals surface area contributed by atoms with Gasteiger partial charge < -0.3 is 10.2 Å². The van der Waals surface area contributed by atoms with Crippen LogP contribution in [0.5, 0.6) is 0 Å². The van der Waals surface area contributed by atoms with Crippen LogP contribution < -0.4 is 5.32 Å². The average molecular weight is 264 g/mol. The third kappa shape index (κ3) is 4.46. The Hall–Kier alpha value is -0.0800. The van der Waals surface area contributed by atoms with Crippen molar-refractivity contribution in [2.24, 2.45) is 17.8 Å². The molecule has 0 aromatic rings. The molecule has 3 aliphatic rings. The van der Waals surface area contributed by atoms with Gasteiger partial charge in [0.1, 0.15) is 0 Å². The molecule has 0 spiro atoms. The zero-order valence-corrected chi connectivity index (χ0v) is 12.7. The maximum absolute atomic E-state index is 3.70. The van der Waals surface area contributed by atoms with E-state index in [9.17, 15) is 0 Å². The highest BCUT2D eigenvalue weighted by Gasteiger charge is 2.27. The Balaban J connectivity index is 1.30. The number of hydrogen-bond acceptors (Lipinski definition) is 2. The fourth-order valence-corrected chi connectivity index (χ4v) is 4.09. The second-order valence-electron chi connectivity index (χ2n) is 7.56. The van der Waals surface area contributed by atoms with E-state index in [1.807, 2.05) is 0 Å². The van der Waals surface area contributed by atoms with Gasteiger partial charge in [-0.1, -0.05) is 26.2 Å². The van der Waals surface area contributed by atoms with Crippen molar-refractivity contribution >= 4 is 0 Å². The van der Waals surface area contributed by atoms with Gasteiger partial charge in [-0.3, -0.25) is 0 Å². The first kappa shape index (κ1) is 13.9. The predicted molar refractivity (Wildman–Crippen MR) is 81.3 cm³/mol. The molecule has 1 heterocycles. The summed E-state index contributed by atoms with van der Waals surface area (Å²) >= 11 is 0. The molecule has 19 heavy (non-hydrogen) atoms. The van der Waals surface area contributed by atoms with Crippen molar-refractivity contribution in [3.8, 4) is 0 Å². The standard InChI is InChI=1S/C17H32N2/c1-14-3-2-4-15(11-14)7-9-19-10-8-16(13-19)12-18-17-5-6-17/h14-18H,2-13H2,1H3. The van der Waals surface area contributed by atoms with E-state index in [-0.39, 0.29) is 0 Å². The Kier molecular flexibility index (Phi) is 4.81. The van der Waals surface area contributed by atoms with E-state index in [1.165, 1.54) is 77.5 Å². The van der Waals surface area contributed by atoms with E-state index in [0.717, 1.165) is 23.8 Å². The first-order valence-corrected chi connectivity index (χ1v) is 8.75. The zero-order valence-electron chi connectivity index (χ0n) is 12.7. The van der Waals surface area contributed by atoms with E-state index in [2.05, 4.69) is 17.1 Å². The molecule has 0 bridgehead atoms. The van der Waals surface area contributed by atoms with Crippen molar-refractivity contribution < 1.29 is 0 Å². The van der Waals surface area contributed by atoms with Gasteiger partial charge >= 0.3 is 0 Å². The van der Waals surface area contributed by atoms with Gasteiger partial charge in [-0.05, 0) is 69.5 Å². The largest absolute Gasteiger partial charge is 0.314 e. The lowest BCUT2D eigenvalue weighted by molar-refractivity contribution is 0.229. The summed E-state index contributed by atoms with van der Waals surface area (Å²) in [6.07, 6.45) is 11.7. The van der Waals surface area contributed by atoms with Crippen LogP contribution in [0, 0.1) is 17.8 Å². The van der Waals surface area contributed by atoms with E-state index in [0.29, 0.717) is 0 Å². The molecule has 2 nitrogen and oxygen atoms in total. The lowest BCUT2D eigenvalue weighted by Crippen LogP contribution is -2.29. The quantitative estimate of drug-likeness (QED) is 0.792. The maximum Gasteiger partial charge on any atom is 0.00683 e. The molecule has 0 amide bonds. The summed E-state index contributed by atoms with van der Waals surface area (Å²) in [6, 6.07) is 0.887. The summed E-state index contributed by atoms with van der Waals surface area (Å²) in [7, 11) is 0. The van der Waals surface area contributed by atoms with Gasteiger partial charge in [0.2, 0.25) is 0 Å². The lowest BCUT2D eigenvalue weighted by Gasteiger charge is -2.28. The van der Waals surface area contributed by atoms with Crippen molar-refractivity contribution in [3.63, 3.8) is 0 Å². The second-order valence-corrected chi connectivity index (χ2v) is 7.56.